The van der Waals surface area contributed by atoms with Crippen molar-refractivity contribution >= 4 is 49.2 Å². The number of rotatable bonds is 1. The van der Waals surface area contributed by atoms with E-state index in [2.05, 4.69) is 74.2 Å². The quantitative estimate of drug-likeness (QED) is 0.273. The molecule has 0 aliphatic heterocycles. The third-order valence-electron chi connectivity index (χ3n) is 5.12. The lowest BCUT2D eigenvalue weighted by molar-refractivity contribution is 1.57. The summed E-state index contributed by atoms with van der Waals surface area (Å²) in [6.07, 6.45) is 4.00. The fourth-order valence-corrected chi connectivity index (χ4v) is 4.14. The first-order valence-corrected chi connectivity index (χ1v) is 8.01. The molecule has 0 N–H and O–H groups in total. The van der Waals surface area contributed by atoms with E-state index in [0.29, 0.717) is 0 Å². The second-order valence-corrected chi connectivity index (χ2v) is 6.29. The van der Waals surface area contributed by atoms with E-state index in [0.717, 1.165) is 0 Å². The lowest BCUT2D eigenvalue weighted by Gasteiger charge is -2.17. The van der Waals surface area contributed by atoms with Gasteiger partial charge >= 0.3 is 0 Å². The highest BCUT2D eigenvalue weighted by molar-refractivity contribution is 6.32. The summed E-state index contributed by atoms with van der Waals surface area (Å²) in [5.74, 6) is 0. The monoisotopic (exact) mass is 292 g/mol. The number of benzene rings is 5. The highest BCUT2D eigenvalue weighted by atomic mass is 14.2. The van der Waals surface area contributed by atoms with Crippen molar-refractivity contribution in [2.24, 2.45) is 0 Å². The molecule has 0 atom stereocenters. The number of aryl methyl sites for hydroxylation is 1. The topological polar surface area (TPSA) is 0 Å². The highest BCUT2D eigenvalue weighted by Crippen LogP contribution is 2.40. The summed E-state index contributed by atoms with van der Waals surface area (Å²) in [6.45, 7) is 6.14. The Morgan fingerprint density at radius 2 is 1.30 bits per heavy atom. The molecule has 23 heavy (non-hydrogen) atoms. The second-order valence-electron chi connectivity index (χ2n) is 6.29. The van der Waals surface area contributed by atoms with Crippen molar-refractivity contribution in [3.05, 3.63) is 78.0 Å². The van der Waals surface area contributed by atoms with Crippen LogP contribution in [0.3, 0.4) is 0 Å². The molecule has 0 radical (unpaired) electrons. The molecule has 0 spiro atoms. The van der Waals surface area contributed by atoms with Crippen LogP contribution in [0.5, 0.6) is 0 Å². The molecular formula is C23H16. The van der Waals surface area contributed by atoms with Crippen molar-refractivity contribution < 1.29 is 0 Å². The van der Waals surface area contributed by atoms with Crippen molar-refractivity contribution in [3.63, 3.8) is 0 Å². The molecule has 0 amide bonds. The average Bonchev–Trinajstić information content (AvgIpc) is 2.59. The second kappa shape index (κ2) is 4.33. The van der Waals surface area contributed by atoms with Crippen LogP contribution in [0.4, 0.5) is 0 Å². The van der Waals surface area contributed by atoms with Crippen LogP contribution in [0.2, 0.25) is 0 Å². The Balaban J connectivity index is 2.31. The van der Waals surface area contributed by atoms with Gasteiger partial charge < -0.3 is 0 Å². The van der Waals surface area contributed by atoms with Crippen molar-refractivity contribution in [2.45, 2.75) is 6.92 Å². The van der Waals surface area contributed by atoms with E-state index >= 15 is 0 Å². The fraction of sp³-hybridized carbons (Fsp3) is 0.0435. The average molecular weight is 292 g/mol. The molecule has 108 valence electrons. The Labute approximate surface area is 134 Å². The molecule has 0 aliphatic rings. The van der Waals surface area contributed by atoms with Gasteiger partial charge in [-0.2, -0.15) is 0 Å². The molecule has 0 heterocycles. The van der Waals surface area contributed by atoms with Crippen molar-refractivity contribution in [1.29, 1.82) is 0 Å². The first-order valence-electron chi connectivity index (χ1n) is 8.01. The minimum Gasteiger partial charge on any atom is -0.0990 e. The van der Waals surface area contributed by atoms with Crippen LogP contribution in [-0.4, -0.2) is 0 Å². The third kappa shape index (κ3) is 1.50. The van der Waals surface area contributed by atoms with Gasteiger partial charge in [0.25, 0.3) is 0 Å². The van der Waals surface area contributed by atoms with E-state index in [9.17, 15) is 0 Å². The highest BCUT2D eigenvalue weighted by Gasteiger charge is 2.15. The lowest BCUT2D eigenvalue weighted by Crippen LogP contribution is -2.04. The van der Waals surface area contributed by atoms with E-state index in [1.807, 2.05) is 6.08 Å². The summed E-state index contributed by atoms with van der Waals surface area (Å²) in [5.41, 5.74) is 1.36. The molecule has 5 aromatic carbocycles. The lowest BCUT2D eigenvalue weighted by atomic mass is 9.86. The largest absolute Gasteiger partial charge is 0.0990 e. The maximum atomic E-state index is 3.89. The van der Waals surface area contributed by atoms with Crippen molar-refractivity contribution in [1.82, 2.24) is 0 Å². The molecule has 0 fully saturated rings. The zero-order valence-electron chi connectivity index (χ0n) is 13.1. The van der Waals surface area contributed by atoms with E-state index in [1.165, 1.54) is 53.9 Å². The summed E-state index contributed by atoms with van der Waals surface area (Å²) >= 11 is 0. The van der Waals surface area contributed by atoms with Gasteiger partial charge in [0.1, 0.15) is 0 Å². The maximum Gasteiger partial charge on any atom is -0.00143 e. The molecule has 0 saturated carbocycles. The Morgan fingerprint density at radius 1 is 0.696 bits per heavy atom. The fourth-order valence-electron chi connectivity index (χ4n) is 4.14. The van der Waals surface area contributed by atoms with E-state index in [-0.39, 0.29) is 0 Å². The van der Waals surface area contributed by atoms with Crippen LogP contribution in [0.25, 0.3) is 49.2 Å². The molecular weight excluding hydrogens is 276 g/mol. The van der Waals surface area contributed by atoms with Crippen molar-refractivity contribution in [3.8, 4) is 0 Å². The molecule has 0 bridgehead atoms. The van der Waals surface area contributed by atoms with Gasteiger partial charge in [0.15, 0.2) is 0 Å². The van der Waals surface area contributed by atoms with Crippen LogP contribution in [0.15, 0.2) is 67.3 Å². The van der Waals surface area contributed by atoms with Crippen LogP contribution >= 0.6 is 0 Å². The Hall–Kier alpha value is -2.86. The van der Waals surface area contributed by atoms with Crippen LogP contribution in [0.1, 0.15) is 5.56 Å². The minimum absolute atomic E-state index is 1.25. The van der Waals surface area contributed by atoms with Gasteiger partial charge in [-0.3, -0.25) is 0 Å². The Bertz CT molecular complexity index is 1270. The van der Waals surface area contributed by atoms with Gasteiger partial charge in [-0.1, -0.05) is 73.3 Å². The molecule has 0 aliphatic carbocycles. The zero-order chi connectivity index (χ0) is 15.6. The number of allylic oxidation sites excluding steroid dienone is 1. The summed E-state index contributed by atoms with van der Waals surface area (Å²) in [7, 11) is 0. The minimum atomic E-state index is 1.25. The molecule has 0 aromatic heterocycles. The molecule has 5 rings (SSSR count). The smallest absolute Gasteiger partial charge is 0.00143 e. The van der Waals surface area contributed by atoms with E-state index in [1.54, 1.807) is 0 Å². The number of hydrogen-bond donors (Lipinski definition) is 0. The van der Waals surface area contributed by atoms with Gasteiger partial charge in [0.2, 0.25) is 0 Å². The predicted molar refractivity (Wildman–Crippen MR) is 102 cm³/mol. The SMILES string of the molecule is C=C/C=c1/ccc2ccc3ccc4cccc5c(C)c1c2c3c45. The number of hydrogen-bond acceptors (Lipinski definition) is 0. The van der Waals surface area contributed by atoms with Crippen LogP contribution < -0.4 is 5.22 Å². The molecule has 0 heteroatoms. The van der Waals surface area contributed by atoms with Gasteiger partial charge in [0, 0.05) is 0 Å². The first-order chi connectivity index (χ1) is 11.3. The van der Waals surface area contributed by atoms with Crippen LogP contribution in [0, 0.1) is 6.92 Å². The summed E-state index contributed by atoms with van der Waals surface area (Å²) in [4.78, 5) is 0. The summed E-state index contributed by atoms with van der Waals surface area (Å²) < 4.78 is 0. The van der Waals surface area contributed by atoms with E-state index < -0.39 is 0 Å². The normalized spacial score (nSPS) is 13.0. The molecule has 0 unspecified atom stereocenters. The summed E-state index contributed by atoms with van der Waals surface area (Å²) in [5, 5.41) is 12.1. The van der Waals surface area contributed by atoms with Gasteiger partial charge in [0.05, 0.1) is 0 Å². The van der Waals surface area contributed by atoms with Crippen LogP contribution in [-0.2, 0) is 0 Å². The first kappa shape index (κ1) is 12.7. The molecule has 0 nitrogen and oxygen atoms in total. The standard InChI is InChI=1S/C23H16/c1-3-5-15-8-10-17-12-13-18-11-9-16-6-4-7-19-14(2)20(15)22(17)23(18)21(16)19/h3-13H,1H2,2H3/b15-5-. The Morgan fingerprint density at radius 3 is 2.00 bits per heavy atom. The maximum absolute atomic E-state index is 3.89. The van der Waals surface area contributed by atoms with Gasteiger partial charge in [-0.25, -0.2) is 0 Å². The van der Waals surface area contributed by atoms with E-state index in [4.69, 9.17) is 0 Å². The predicted octanol–water partition coefficient (Wildman–Crippen LogP) is 5.73. The Kier molecular flexibility index (Phi) is 2.38. The van der Waals surface area contributed by atoms with Crippen molar-refractivity contribution in [2.75, 3.05) is 0 Å². The van der Waals surface area contributed by atoms with Gasteiger partial charge in [-0.15, -0.1) is 0 Å². The molecule has 5 aromatic rings. The van der Waals surface area contributed by atoms with Gasteiger partial charge in [-0.05, 0) is 60.8 Å². The zero-order valence-corrected chi connectivity index (χ0v) is 13.1. The third-order valence-corrected chi connectivity index (χ3v) is 5.12. The molecule has 0 saturated heterocycles. The summed E-state index contributed by atoms with van der Waals surface area (Å²) in [6, 6.07) is 20.0.